The van der Waals surface area contributed by atoms with Gasteiger partial charge in [0, 0.05) is 25.6 Å². The van der Waals surface area contributed by atoms with Crippen LogP contribution in [-0.2, 0) is 0 Å². The number of hydrogen-bond donors (Lipinski definition) is 1. The Morgan fingerprint density at radius 3 is 2.73 bits per heavy atom. The SMILES string of the molecule is CN1CC2(CCC2)CNC1=O. The third kappa shape index (κ3) is 0.988. The molecule has 1 saturated heterocycles. The maximum absolute atomic E-state index is 11.0. The summed E-state index contributed by atoms with van der Waals surface area (Å²) >= 11 is 0. The van der Waals surface area contributed by atoms with Crippen LogP contribution >= 0.6 is 0 Å². The van der Waals surface area contributed by atoms with E-state index in [9.17, 15) is 4.79 Å². The second-order valence-corrected chi connectivity index (χ2v) is 3.87. The Bertz CT molecular complexity index is 187. The van der Waals surface area contributed by atoms with E-state index in [0.29, 0.717) is 5.41 Å². The molecule has 2 rings (SSSR count). The number of amides is 2. The number of nitrogens with one attached hydrogen (secondary N) is 1. The summed E-state index contributed by atoms with van der Waals surface area (Å²) in [4.78, 5) is 12.8. The summed E-state index contributed by atoms with van der Waals surface area (Å²) in [7, 11) is 1.87. The topological polar surface area (TPSA) is 32.3 Å². The van der Waals surface area contributed by atoms with Crippen molar-refractivity contribution in [2.24, 2.45) is 5.41 Å². The predicted octanol–water partition coefficient (Wildman–Crippen LogP) is 0.812. The zero-order valence-corrected chi connectivity index (χ0v) is 6.89. The van der Waals surface area contributed by atoms with Gasteiger partial charge in [-0.15, -0.1) is 0 Å². The molecule has 0 bridgehead atoms. The highest BCUT2D eigenvalue weighted by Gasteiger charge is 2.41. The maximum atomic E-state index is 11.0. The first-order valence-corrected chi connectivity index (χ1v) is 4.21. The lowest BCUT2D eigenvalue weighted by atomic mass is 9.68. The van der Waals surface area contributed by atoms with Crippen molar-refractivity contribution >= 4 is 6.03 Å². The van der Waals surface area contributed by atoms with Crippen LogP contribution in [0.2, 0.25) is 0 Å². The first-order valence-electron chi connectivity index (χ1n) is 4.21. The summed E-state index contributed by atoms with van der Waals surface area (Å²) in [5.74, 6) is 0. The van der Waals surface area contributed by atoms with Crippen molar-refractivity contribution in [3.63, 3.8) is 0 Å². The van der Waals surface area contributed by atoms with Crippen LogP contribution in [0.25, 0.3) is 0 Å². The Morgan fingerprint density at radius 2 is 2.27 bits per heavy atom. The second-order valence-electron chi connectivity index (χ2n) is 3.87. The Labute approximate surface area is 66.8 Å². The van der Waals surface area contributed by atoms with Crippen LogP contribution in [0.15, 0.2) is 0 Å². The van der Waals surface area contributed by atoms with E-state index in [-0.39, 0.29) is 6.03 Å². The molecule has 1 aliphatic heterocycles. The van der Waals surface area contributed by atoms with Crippen molar-refractivity contribution in [2.45, 2.75) is 19.3 Å². The average molecular weight is 154 g/mol. The standard InChI is InChI=1S/C8H14N2O/c1-10-6-8(3-2-4-8)5-9-7(10)11/h2-6H2,1H3,(H,9,11). The van der Waals surface area contributed by atoms with Crippen LogP contribution in [0.1, 0.15) is 19.3 Å². The minimum atomic E-state index is 0.0857. The largest absolute Gasteiger partial charge is 0.337 e. The quantitative estimate of drug-likeness (QED) is 0.550. The van der Waals surface area contributed by atoms with E-state index in [1.54, 1.807) is 4.90 Å². The lowest BCUT2D eigenvalue weighted by Crippen LogP contribution is -2.57. The van der Waals surface area contributed by atoms with E-state index in [1.165, 1.54) is 19.3 Å². The first-order chi connectivity index (χ1) is 5.22. The normalized spacial score (nSPS) is 28.1. The van der Waals surface area contributed by atoms with Crippen LogP contribution in [0.5, 0.6) is 0 Å². The monoisotopic (exact) mass is 154 g/mol. The Balaban J connectivity index is 2.02. The highest BCUT2D eigenvalue weighted by molar-refractivity contribution is 5.74. The van der Waals surface area contributed by atoms with Gasteiger partial charge in [-0.25, -0.2) is 4.79 Å². The van der Waals surface area contributed by atoms with E-state index >= 15 is 0 Å². The molecule has 2 fully saturated rings. The fourth-order valence-corrected chi connectivity index (χ4v) is 2.04. The summed E-state index contributed by atoms with van der Waals surface area (Å²) in [5, 5.41) is 2.91. The van der Waals surface area contributed by atoms with Gasteiger partial charge in [0.05, 0.1) is 0 Å². The molecule has 0 radical (unpaired) electrons. The van der Waals surface area contributed by atoms with Crippen molar-refractivity contribution in [2.75, 3.05) is 20.1 Å². The van der Waals surface area contributed by atoms with Crippen molar-refractivity contribution < 1.29 is 4.79 Å². The molecule has 3 heteroatoms. The summed E-state index contributed by atoms with van der Waals surface area (Å²) < 4.78 is 0. The number of rotatable bonds is 0. The molecule has 1 saturated carbocycles. The molecule has 1 spiro atoms. The summed E-state index contributed by atoms with van der Waals surface area (Å²) in [6.07, 6.45) is 3.92. The van der Waals surface area contributed by atoms with Crippen molar-refractivity contribution in [1.29, 1.82) is 0 Å². The smallest absolute Gasteiger partial charge is 0.317 e. The molecule has 1 heterocycles. The van der Waals surface area contributed by atoms with Gasteiger partial charge >= 0.3 is 6.03 Å². The molecule has 62 valence electrons. The van der Waals surface area contributed by atoms with Gasteiger partial charge in [-0.2, -0.15) is 0 Å². The highest BCUT2D eigenvalue weighted by atomic mass is 16.2. The van der Waals surface area contributed by atoms with Crippen LogP contribution < -0.4 is 5.32 Å². The second kappa shape index (κ2) is 2.13. The van der Waals surface area contributed by atoms with Gasteiger partial charge in [0.1, 0.15) is 0 Å². The Kier molecular flexibility index (Phi) is 1.34. The first kappa shape index (κ1) is 6.95. The molecule has 0 aromatic rings. The molecule has 3 nitrogen and oxygen atoms in total. The molecule has 2 aliphatic rings. The molecule has 1 aliphatic carbocycles. The molecule has 1 N–H and O–H groups in total. The average Bonchev–Trinajstić information content (AvgIpc) is 1.92. The van der Waals surface area contributed by atoms with Gasteiger partial charge in [-0.05, 0) is 12.8 Å². The number of urea groups is 1. The number of carbonyl (C=O) groups is 1. The molecule has 0 atom stereocenters. The van der Waals surface area contributed by atoms with Crippen molar-refractivity contribution in [3.05, 3.63) is 0 Å². The molecule has 0 unspecified atom stereocenters. The molecule has 11 heavy (non-hydrogen) atoms. The Hall–Kier alpha value is -0.730. The Morgan fingerprint density at radius 1 is 1.55 bits per heavy atom. The van der Waals surface area contributed by atoms with Crippen LogP contribution in [0, 0.1) is 5.41 Å². The summed E-state index contributed by atoms with van der Waals surface area (Å²) in [6, 6.07) is 0.0857. The molecule has 0 aromatic carbocycles. The number of nitrogens with zero attached hydrogens (tertiary/aromatic N) is 1. The zero-order chi connectivity index (χ0) is 7.90. The highest BCUT2D eigenvalue weighted by Crippen LogP contribution is 2.41. The van der Waals surface area contributed by atoms with Crippen molar-refractivity contribution in [1.82, 2.24) is 10.2 Å². The van der Waals surface area contributed by atoms with E-state index in [1.807, 2.05) is 7.05 Å². The van der Waals surface area contributed by atoms with Crippen LogP contribution in [0.3, 0.4) is 0 Å². The van der Waals surface area contributed by atoms with Crippen molar-refractivity contribution in [3.8, 4) is 0 Å². The fraction of sp³-hybridized carbons (Fsp3) is 0.875. The van der Waals surface area contributed by atoms with Gasteiger partial charge in [-0.3, -0.25) is 0 Å². The predicted molar refractivity (Wildman–Crippen MR) is 42.3 cm³/mol. The summed E-state index contributed by atoms with van der Waals surface area (Å²) in [6.45, 7) is 1.86. The number of hydrogen-bond acceptors (Lipinski definition) is 1. The van der Waals surface area contributed by atoms with E-state index < -0.39 is 0 Å². The maximum Gasteiger partial charge on any atom is 0.317 e. The third-order valence-electron chi connectivity index (χ3n) is 2.95. The fourth-order valence-electron chi connectivity index (χ4n) is 2.04. The summed E-state index contributed by atoms with van der Waals surface area (Å²) in [5.41, 5.74) is 0.447. The van der Waals surface area contributed by atoms with Crippen LogP contribution in [0.4, 0.5) is 4.79 Å². The van der Waals surface area contributed by atoms with Crippen LogP contribution in [-0.4, -0.2) is 31.1 Å². The third-order valence-corrected chi connectivity index (χ3v) is 2.95. The lowest BCUT2D eigenvalue weighted by molar-refractivity contribution is 0.0649. The zero-order valence-electron chi connectivity index (χ0n) is 6.89. The van der Waals surface area contributed by atoms with E-state index in [0.717, 1.165) is 13.1 Å². The minimum absolute atomic E-state index is 0.0857. The molecule has 2 amide bonds. The van der Waals surface area contributed by atoms with E-state index in [2.05, 4.69) is 5.32 Å². The lowest BCUT2D eigenvalue weighted by Gasteiger charge is -2.47. The van der Waals surface area contributed by atoms with Gasteiger partial charge in [0.25, 0.3) is 0 Å². The molecular formula is C8H14N2O. The molecular weight excluding hydrogens is 140 g/mol. The van der Waals surface area contributed by atoms with Gasteiger partial charge in [-0.1, -0.05) is 6.42 Å². The van der Waals surface area contributed by atoms with Gasteiger partial charge < -0.3 is 10.2 Å². The number of carbonyl (C=O) groups excluding carboxylic acids is 1. The minimum Gasteiger partial charge on any atom is -0.337 e. The van der Waals surface area contributed by atoms with Gasteiger partial charge in [0.2, 0.25) is 0 Å². The van der Waals surface area contributed by atoms with Gasteiger partial charge in [0.15, 0.2) is 0 Å². The van der Waals surface area contributed by atoms with E-state index in [4.69, 9.17) is 0 Å². The molecule has 0 aromatic heterocycles.